The molecule has 222 valence electrons. The second-order valence-electron chi connectivity index (χ2n) is 12.6. The highest BCUT2D eigenvalue weighted by Gasteiger charge is 2.47. The number of nitrogen functional groups attached to an aromatic ring is 2. The molecule has 0 aromatic heterocycles. The smallest absolute Gasteiger partial charge is 0.0714 e. The van der Waals surface area contributed by atoms with Gasteiger partial charge in [-0.15, -0.1) is 0 Å². The van der Waals surface area contributed by atoms with Crippen LogP contribution in [0.5, 0.6) is 0 Å². The minimum atomic E-state index is -0.591. The average molecular weight is 601 g/mol. The Morgan fingerprint density at radius 3 is 1.17 bits per heavy atom. The van der Waals surface area contributed by atoms with Gasteiger partial charge in [0.15, 0.2) is 0 Å². The molecule has 0 atom stereocenters. The summed E-state index contributed by atoms with van der Waals surface area (Å²) in [6.45, 7) is 0. The molecule has 0 saturated heterocycles. The zero-order chi connectivity index (χ0) is 31.5. The molecule has 0 radical (unpaired) electrons. The molecule has 0 unspecified atom stereocenters. The number of nitrogens with two attached hydrogens (primary N) is 2. The van der Waals surface area contributed by atoms with E-state index >= 15 is 0 Å². The average Bonchev–Trinajstić information content (AvgIpc) is 3.43. The molecule has 1 aliphatic carbocycles. The zero-order valence-corrected chi connectivity index (χ0v) is 25.8. The lowest BCUT2D eigenvalue weighted by atomic mass is 9.67. The van der Waals surface area contributed by atoms with E-state index in [0.29, 0.717) is 0 Å². The summed E-state index contributed by atoms with van der Waals surface area (Å²) in [5.41, 5.74) is 25.7. The Labute approximate surface area is 274 Å². The second-order valence-corrected chi connectivity index (χ2v) is 12.6. The monoisotopic (exact) mass is 600 g/mol. The molecule has 9 rings (SSSR count). The first-order chi connectivity index (χ1) is 23.1. The predicted octanol–water partition coefficient (Wildman–Crippen LogP) is 10.9. The van der Waals surface area contributed by atoms with Gasteiger partial charge in [-0.05, 0) is 114 Å². The van der Waals surface area contributed by atoms with E-state index in [4.69, 9.17) is 11.5 Å². The molecule has 0 saturated carbocycles. The second kappa shape index (κ2) is 10.5. The maximum Gasteiger partial charge on any atom is 0.0714 e. The molecule has 0 aliphatic heterocycles. The largest absolute Gasteiger partial charge is 0.399 e. The maximum atomic E-state index is 6.29. The molecule has 1 aliphatic rings. The van der Waals surface area contributed by atoms with Crippen LogP contribution in [-0.4, -0.2) is 0 Å². The third-order valence-electron chi connectivity index (χ3n) is 10.00. The van der Waals surface area contributed by atoms with Crippen LogP contribution in [0.4, 0.5) is 11.4 Å². The van der Waals surface area contributed by atoms with Crippen LogP contribution in [0, 0.1) is 0 Å². The van der Waals surface area contributed by atoms with Crippen molar-refractivity contribution in [3.8, 4) is 33.4 Å². The summed E-state index contributed by atoms with van der Waals surface area (Å²) >= 11 is 0. The molecular weight excluding hydrogens is 569 g/mol. The van der Waals surface area contributed by atoms with Crippen LogP contribution in [0.15, 0.2) is 170 Å². The first kappa shape index (κ1) is 27.2. The molecule has 47 heavy (non-hydrogen) atoms. The zero-order valence-electron chi connectivity index (χ0n) is 25.8. The number of benzene rings is 8. The quantitative estimate of drug-likeness (QED) is 0.197. The van der Waals surface area contributed by atoms with E-state index in [1.54, 1.807) is 0 Å². The molecular formula is C45H32N2. The third kappa shape index (κ3) is 4.12. The van der Waals surface area contributed by atoms with Crippen molar-refractivity contribution in [2.24, 2.45) is 0 Å². The summed E-state index contributed by atoms with van der Waals surface area (Å²) < 4.78 is 0. The van der Waals surface area contributed by atoms with Crippen LogP contribution < -0.4 is 11.5 Å². The van der Waals surface area contributed by atoms with Gasteiger partial charge in [0.05, 0.1) is 5.41 Å². The lowest BCUT2D eigenvalue weighted by Gasteiger charge is -2.34. The summed E-state index contributed by atoms with van der Waals surface area (Å²) in [6, 6.07) is 61.3. The number of fused-ring (bicyclic) bond motifs is 5. The van der Waals surface area contributed by atoms with Crippen LogP contribution >= 0.6 is 0 Å². The molecule has 0 heterocycles. The molecule has 2 nitrogen and oxygen atoms in total. The highest BCUT2D eigenvalue weighted by atomic mass is 14.6. The first-order valence-electron chi connectivity index (χ1n) is 16.1. The van der Waals surface area contributed by atoms with Crippen molar-refractivity contribution in [2.75, 3.05) is 11.5 Å². The van der Waals surface area contributed by atoms with Gasteiger partial charge in [-0.2, -0.15) is 0 Å². The van der Waals surface area contributed by atoms with Gasteiger partial charge in [0.2, 0.25) is 0 Å². The Hall–Kier alpha value is -6.12. The lowest BCUT2D eigenvalue weighted by molar-refractivity contribution is 0.769. The molecule has 0 spiro atoms. The molecule has 8 aromatic carbocycles. The molecule has 0 fully saturated rings. The Balaban J connectivity index is 1.43. The number of hydrogen-bond donors (Lipinski definition) is 2. The Morgan fingerprint density at radius 1 is 0.340 bits per heavy atom. The van der Waals surface area contributed by atoms with E-state index in [2.05, 4.69) is 146 Å². The van der Waals surface area contributed by atoms with Gasteiger partial charge in [0.1, 0.15) is 0 Å². The van der Waals surface area contributed by atoms with Crippen molar-refractivity contribution in [1.82, 2.24) is 0 Å². The van der Waals surface area contributed by atoms with E-state index in [9.17, 15) is 0 Å². The van der Waals surface area contributed by atoms with E-state index in [1.165, 1.54) is 77.2 Å². The standard InChI is InChI=1S/C45H32N2/c46-37-23-19-35(20-24-37)45(36-21-25-38(47)26-22-36)41-13-5-11-39(33-17-15-29-7-1-3-9-31(29)27-33)43(41)44-40(12-6-14-42(44)45)34-18-16-30-8-2-4-10-32(30)28-34/h1-28H,46-47H2. The Kier molecular flexibility index (Phi) is 6.06. The highest BCUT2D eigenvalue weighted by Crippen LogP contribution is 2.60. The molecule has 8 aromatic rings. The van der Waals surface area contributed by atoms with Crippen molar-refractivity contribution in [3.05, 3.63) is 192 Å². The van der Waals surface area contributed by atoms with Gasteiger partial charge in [-0.3, -0.25) is 0 Å². The number of rotatable bonds is 4. The van der Waals surface area contributed by atoms with Crippen molar-refractivity contribution < 1.29 is 0 Å². The summed E-state index contributed by atoms with van der Waals surface area (Å²) in [6.07, 6.45) is 0. The topological polar surface area (TPSA) is 52.0 Å². The minimum Gasteiger partial charge on any atom is -0.399 e. The van der Waals surface area contributed by atoms with Crippen LogP contribution in [0.25, 0.3) is 54.9 Å². The summed E-state index contributed by atoms with van der Waals surface area (Å²) in [4.78, 5) is 0. The Morgan fingerprint density at radius 2 is 0.745 bits per heavy atom. The van der Waals surface area contributed by atoms with Gasteiger partial charge >= 0.3 is 0 Å². The van der Waals surface area contributed by atoms with Crippen LogP contribution in [0.2, 0.25) is 0 Å². The van der Waals surface area contributed by atoms with E-state index in [-0.39, 0.29) is 0 Å². The lowest BCUT2D eigenvalue weighted by Crippen LogP contribution is -2.28. The summed E-state index contributed by atoms with van der Waals surface area (Å²) in [5, 5.41) is 4.93. The van der Waals surface area contributed by atoms with E-state index < -0.39 is 5.41 Å². The van der Waals surface area contributed by atoms with Gasteiger partial charge < -0.3 is 11.5 Å². The first-order valence-corrected chi connectivity index (χ1v) is 16.1. The highest BCUT2D eigenvalue weighted by molar-refractivity contribution is 6.03. The van der Waals surface area contributed by atoms with Crippen molar-refractivity contribution in [2.45, 2.75) is 5.41 Å². The number of hydrogen-bond acceptors (Lipinski definition) is 2. The van der Waals surface area contributed by atoms with Crippen molar-refractivity contribution in [3.63, 3.8) is 0 Å². The summed E-state index contributed by atoms with van der Waals surface area (Å²) in [7, 11) is 0. The van der Waals surface area contributed by atoms with Gasteiger partial charge in [-0.25, -0.2) is 0 Å². The molecule has 2 heteroatoms. The maximum absolute atomic E-state index is 6.29. The SMILES string of the molecule is Nc1ccc(C2(c3ccc(N)cc3)c3cccc(-c4ccc5ccccc5c4)c3-c3c(-c4ccc5ccccc5c4)cccc32)cc1. The van der Waals surface area contributed by atoms with Crippen LogP contribution in [-0.2, 0) is 5.41 Å². The van der Waals surface area contributed by atoms with Crippen LogP contribution in [0.3, 0.4) is 0 Å². The van der Waals surface area contributed by atoms with Crippen LogP contribution in [0.1, 0.15) is 22.3 Å². The Bertz CT molecular complexity index is 2300. The summed E-state index contributed by atoms with van der Waals surface area (Å²) in [5.74, 6) is 0. The van der Waals surface area contributed by atoms with Gasteiger partial charge in [0.25, 0.3) is 0 Å². The van der Waals surface area contributed by atoms with Crippen molar-refractivity contribution >= 4 is 32.9 Å². The fourth-order valence-corrected chi connectivity index (χ4v) is 7.86. The molecule has 4 N–H and O–H groups in total. The van der Waals surface area contributed by atoms with E-state index in [1.807, 2.05) is 24.3 Å². The fraction of sp³-hybridized carbons (Fsp3) is 0.0222. The van der Waals surface area contributed by atoms with Gasteiger partial charge in [0, 0.05) is 11.4 Å². The number of anilines is 2. The fourth-order valence-electron chi connectivity index (χ4n) is 7.86. The normalized spacial score (nSPS) is 13.0. The van der Waals surface area contributed by atoms with E-state index in [0.717, 1.165) is 11.4 Å². The third-order valence-corrected chi connectivity index (χ3v) is 10.00. The minimum absolute atomic E-state index is 0.591. The molecule has 0 bridgehead atoms. The molecule has 0 amide bonds. The predicted molar refractivity (Wildman–Crippen MR) is 198 cm³/mol. The van der Waals surface area contributed by atoms with Gasteiger partial charge in [-0.1, -0.05) is 133 Å². The van der Waals surface area contributed by atoms with Crippen molar-refractivity contribution in [1.29, 1.82) is 0 Å².